The minimum Gasteiger partial charge on any atom is -0.395 e. The van der Waals surface area contributed by atoms with Gasteiger partial charge in [-0.3, -0.25) is 0 Å². The van der Waals surface area contributed by atoms with Crippen LogP contribution in [0.15, 0.2) is 0 Å². The zero-order chi connectivity index (χ0) is 11.4. The van der Waals surface area contributed by atoms with Gasteiger partial charge in [-0.2, -0.15) is 0 Å². The quantitative estimate of drug-likeness (QED) is 0.654. The molecule has 3 unspecified atom stereocenters. The highest BCUT2D eigenvalue weighted by atomic mass is 16.3. The molecular weight excluding hydrogens is 190 g/mol. The molecule has 0 amide bonds. The van der Waals surface area contributed by atoms with Crippen molar-refractivity contribution in [2.75, 3.05) is 40.3 Å². The zero-order valence-electron chi connectivity index (χ0n) is 10.2. The van der Waals surface area contributed by atoms with E-state index in [4.69, 9.17) is 10.8 Å². The molecule has 1 saturated heterocycles. The highest BCUT2D eigenvalue weighted by Gasteiger charge is 2.30. The van der Waals surface area contributed by atoms with Gasteiger partial charge in [-0.15, -0.1) is 0 Å². The number of aliphatic hydroxyl groups excluding tert-OH is 1. The van der Waals surface area contributed by atoms with Crippen molar-refractivity contribution in [1.82, 2.24) is 9.80 Å². The minimum atomic E-state index is -0.0567. The van der Waals surface area contributed by atoms with Gasteiger partial charge in [0.25, 0.3) is 0 Å². The third-order valence-electron chi connectivity index (χ3n) is 3.36. The molecule has 0 spiro atoms. The third-order valence-corrected chi connectivity index (χ3v) is 3.36. The van der Waals surface area contributed by atoms with E-state index in [1.54, 1.807) is 0 Å². The van der Waals surface area contributed by atoms with Crippen LogP contribution in [0.5, 0.6) is 0 Å². The topological polar surface area (TPSA) is 52.7 Å². The molecule has 15 heavy (non-hydrogen) atoms. The van der Waals surface area contributed by atoms with Gasteiger partial charge in [0.2, 0.25) is 0 Å². The van der Waals surface area contributed by atoms with E-state index in [-0.39, 0.29) is 12.6 Å². The van der Waals surface area contributed by atoms with Crippen molar-refractivity contribution in [3.8, 4) is 0 Å². The van der Waals surface area contributed by atoms with Crippen LogP contribution < -0.4 is 5.73 Å². The van der Waals surface area contributed by atoms with Crippen LogP contribution in [-0.2, 0) is 0 Å². The molecule has 0 aromatic carbocycles. The first-order valence-corrected chi connectivity index (χ1v) is 5.79. The predicted molar refractivity (Wildman–Crippen MR) is 62.8 cm³/mol. The van der Waals surface area contributed by atoms with Crippen molar-refractivity contribution >= 4 is 0 Å². The van der Waals surface area contributed by atoms with Crippen LogP contribution in [0.2, 0.25) is 0 Å². The molecule has 0 aliphatic carbocycles. The molecule has 1 aliphatic heterocycles. The number of aliphatic hydroxyl groups is 1. The number of hydrogen-bond donors (Lipinski definition) is 2. The summed E-state index contributed by atoms with van der Waals surface area (Å²) in [6.45, 7) is 5.70. The Balaban J connectivity index is 2.29. The maximum Gasteiger partial charge on any atom is 0.0583 e. The summed E-state index contributed by atoms with van der Waals surface area (Å²) in [4.78, 5) is 4.75. The lowest BCUT2D eigenvalue weighted by molar-refractivity contribution is 0.229. The molecule has 0 radical (unpaired) electrons. The number of likely N-dealkylation sites (N-methyl/N-ethyl adjacent to an activating group) is 1. The van der Waals surface area contributed by atoms with E-state index in [0.717, 1.165) is 32.0 Å². The van der Waals surface area contributed by atoms with Gasteiger partial charge in [0.15, 0.2) is 0 Å². The van der Waals surface area contributed by atoms with E-state index in [0.29, 0.717) is 6.04 Å². The Kier molecular flexibility index (Phi) is 4.99. The normalized spacial score (nSPS) is 30.0. The first-order valence-electron chi connectivity index (χ1n) is 5.79. The molecule has 1 rings (SSSR count). The fraction of sp³-hybridized carbons (Fsp3) is 1.00. The van der Waals surface area contributed by atoms with Gasteiger partial charge in [0, 0.05) is 25.2 Å². The SMILES string of the molecule is CC1CN(CCC(N)CO)CC1N(C)C. The summed E-state index contributed by atoms with van der Waals surface area (Å²) in [5.41, 5.74) is 5.69. The highest BCUT2D eigenvalue weighted by Crippen LogP contribution is 2.19. The monoisotopic (exact) mass is 215 g/mol. The number of hydrogen-bond acceptors (Lipinski definition) is 4. The van der Waals surface area contributed by atoms with Crippen molar-refractivity contribution < 1.29 is 5.11 Å². The molecule has 1 aliphatic rings. The van der Waals surface area contributed by atoms with Crippen LogP contribution in [-0.4, -0.2) is 67.3 Å². The van der Waals surface area contributed by atoms with Gasteiger partial charge in [-0.1, -0.05) is 6.92 Å². The smallest absolute Gasteiger partial charge is 0.0583 e. The van der Waals surface area contributed by atoms with Crippen LogP contribution in [0.4, 0.5) is 0 Å². The number of rotatable bonds is 5. The molecule has 0 bridgehead atoms. The molecule has 3 atom stereocenters. The molecule has 1 heterocycles. The van der Waals surface area contributed by atoms with E-state index < -0.39 is 0 Å². The maximum absolute atomic E-state index is 8.85. The van der Waals surface area contributed by atoms with E-state index in [9.17, 15) is 0 Å². The summed E-state index contributed by atoms with van der Waals surface area (Å²) in [5, 5.41) is 8.85. The summed E-state index contributed by atoms with van der Waals surface area (Å²) in [5.74, 6) is 0.727. The molecule has 0 aromatic heterocycles. The standard InChI is InChI=1S/C11H25N3O/c1-9-6-14(5-4-10(12)8-15)7-11(9)13(2)3/h9-11,15H,4-8,12H2,1-3H3. The van der Waals surface area contributed by atoms with Crippen LogP contribution in [0.1, 0.15) is 13.3 Å². The summed E-state index contributed by atoms with van der Waals surface area (Å²) in [7, 11) is 4.29. The Morgan fingerprint density at radius 3 is 2.60 bits per heavy atom. The van der Waals surface area contributed by atoms with Crippen LogP contribution in [0.3, 0.4) is 0 Å². The van der Waals surface area contributed by atoms with Gasteiger partial charge in [-0.25, -0.2) is 0 Å². The van der Waals surface area contributed by atoms with Crippen molar-refractivity contribution in [2.24, 2.45) is 11.7 Å². The lowest BCUT2D eigenvalue weighted by atomic mass is 10.1. The van der Waals surface area contributed by atoms with Gasteiger partial charge in [-0.05, 0) is 33.0 Å². The molecule has 1 fully saturated rings. The second kappa shape index (κ2) is 5.80. The Labute approximate surface area is 93.0 Å². The predicted octanol–water partition coefficient (Wildman–Crippen LogP) is -0.422. The Bertz CT molecular complexity index is 187. The van der Waals surface area contributed by atoms with E-state index in [1.165, 1.54) is 0 Å². The average molecular weight is 215 g/mol. The van der Waals surface area contributed by atoms with Crippen molar-refractivity contribution in [1.29, 1.82) is 0 Å². The Morgan fingerprint density at radius 1 is 1.47 bits per heavy atom. The summed E-state index contributed by atoms with van der Waals surface area (Å²) >= 11 is 0. The molecule has 3 N–H and O–H groups in total. The van der Waals surface area contributed by atoms with Gasteiger partial charge in [0.05, 0.1) is 6.61 Å². The molecule has 90 valence electrons. The largest absolute Gasteiger partial charge is 0.395 e. The van der Waals surface area contributed by atoms with E-state index in [1.807, 2.05) is 0 Å². The molecule has 0 aromatic rings. The average Bonchev–Trinajstić information content (AvgIpc) is 2.56. The van der Waals surface area contributed by atoms with E-state index in [2.05, 4.69) is 30.8 Å². The van der Waals surface area contributed by atoms with Gasteiger partial charge < -0.3 is 20.6 Å². The van der Waals surface area contributed by atoms with Crippen LogP contribution >= 0.6 is 0 Å². The lowest BCUT2D eigenvalue weighted by Crippen LogP contribution is -2.35. The molecule has 4 nitrogen and oxygen atoms in total. The third kappa shape index (κ3) is 3.72. The molecule has 0 saturated carbocycles. The Morgan fingerprint density at radius 2 is 2.13 bits per heavy atom. The number of nitrogens with two attached hydrogens (primary N) is 1. The summed E-state index contributed by atoms with van der Waals surface area (Å²) in [6.07, 6.45) is 0.892. The zero-order valence-corrected chi connectivity index (χ0v) is 10.2. The Hall–Kier alpha value is -0.160. The van der Waals surface area contributed by atoms with Gasteiger partial charge in [0.1, 0.15) is 0 Å². The second-order valence-corrected chi connectivity index (χ2v) is 5.00. The fourth-order valence-corrected chi connectivity index (χ4v) is 2.34. The highest BCUT2D eigenvalue weighted by molar-refractivity contribution is 4.86. The molecule has 4 heteroatoms. The van der Waals surface area contributed by atoms with Gasteiger partial charge >= 0.3 is 0 Å². The first kappa shape index (κ1) is 12.9. The second-order valence-electron chi connectivity index (χ2n) is 5.00. The minimum absolute atomic E-state index is 0.0567. The maximum atomic E-state index is 8.85. The number of nitrogens with zero attached hydrogens (tertiary/aromatic N) is 2. The first-order chi connectivity index (χ1) is 7.04. The number of likely N-dealkylation sites (tertiary alicyclic amines) is 1. The van der Waals surface area contributed by atoms with Crippen LogP contribution in [0, 0.1) is 5.92 Å². The fourth-order valence-electron chi connectivity index (χ4n) is 2.34. The van der Waals surface area contributed by atoms with Crippen molar-refractivity contribution in [2.45, 2.75) is 25.4 Å². The lowest BCUT2D eigenvalue weighted by Gasteiger charge is -2.22. The van der Waals surface area contributed by atoms with Crippen LogP contribution in [0.25, 0.3) is 0 Å². The van der Waals surface area contributed by atoms with Crippen molar-refractivity contribution in [3.05, 3.63) is 0 Å². The summed E-state index contributed by atoms with van der Waals surface area (Å²) in [6, 6.07) is 0.606. The summed E-state index contributed by atoms with van der Waals surface area (Å²) < 4.78 is 0. The molecular formula is C11H25N3O. The van der Waals surface area contributed by atoms with E-state index >= 15 is 0 Å². The van der Waals surface area contributed by atoms with Crippen molar-refractivity contribution in [3.63, 3.8) is 0 Å².